The molecular weight excluding hydrogens is 404 g/mol. The van der Waals surface area contributed by atoms with Crippen LogP contribution < -0.4 is 4.74 Å². The van der Waals surface area contributed by atoms with Crippen LogP contribution in [-0.2, 0) is 4.74 Å². The van der Waals surface area contributed by atoms with E-state index in [2.05, 4.69) is 6.58 Å². The fourth-order valence-corrected chi connectivity index (χ4v) is 4.16. The minimum Gasteiger partial charge on any atom is -0.410 e. The summed E-state index contributed by atoms with van der Waals surface area (Å²) in [6.45, 7) is 6.92. The Morgan fingerprint density at radius 3 is 1.94 bits per heavy atom. The van der Waals surface area contributed by atoms with Crippen molar-refractivity contribution < 1.29 is 19.1 Å². The van der Waals surface area contributed by atoms with Crippen LogP contribution in [0.2, 0.25) is 0 Å². The van der Waals surface area contributed by atoms with Crippen molar-refractivity contribution >= 4 is 17.9 Å². The highest BCUT2D eigenvalue weighted by molar-refractivity contribution is 5.78. The number of carbonyl (C=O) groups is 2. The molecule has 2 aliphatic heterocycles. The topological polar surface area (TPSA) is 59.1 Å². The number of nitrogens with zero attached hydrogens (tertiary/aromatic N) is 2. The maximum atomic E-state index is 12.4. The quantitative estimate of drug-likeness (QED) is 0.560. The summed E-state index contributed by atoms with van der Waals surface area (Å²) in [7, 11) is 0. The van der Waals surface area contributed by atoms with Gasteiger partial charge in [0.1, 0.15) is 11.5 Å². The summed E-state index contributed by atoms with van der Waals surface area (Å²) in [6, 6.07) is 15.1. The Labute approximate surface area is 189 Å². The Hall–Kier alpha value is -3.28. The lowest BCUT2D eigenvalue weighted by atomic mass is 10.0. The molecule has 2 aliphatic rings. The van der Waals surface area contributed by atoms with Crippen molar-refractivity contribution in [3.63, 3.8) is 0 Å². The van der Waals surface area contributed by atoms with Crippen LogP contribution in [0.4, 0.5) is 9.59 Å². The van der Waals surface area contributed by atoms with Gasteiger partial charge in [-0.15, -0.1) is 0 Å². The van der Waals surface area contributed by atoms with Gasteiger partial charge in [0.2, 0.25) is 0 Å². The molecule has 0 saturated carbocycles. The third kappa shape index (κ3) is 5.49. The second-order valence-corrected chi connectivity index (χ2v) is 8.36. The normalized spacial score (nSPS) is 16.4. The molecule has 0 unspecified atom stereocenters. The fourth-order valence-electron chi connectivity index (χ4n) is 4.16. The van der Waals surface area contributed by atoms with Crippen molar-refractivity contribution in [3.05, 3.63) is 60.7 Å². The highest BCUT2D eigenvalue weighted by Crippen LogP contribution is 2.27. The van der Waals surface area contributed by atoms with E-state index in [4.69, 9.17) is 9.47 Å². The third-order valence-corrected chi connectivity index (χ3v) is 6.00. The summed E-state index contributed by atoms with van der Waals surface area (Å²) in [5.74, 6) is 0.842. The van der Waals surface area contributed by atoms with E-state index >= 15 is 0 Å². The number of rotatable bonds is 4. The highest BCUT2D eigenvalue weighted by atomic mass is 16.6. The van der Waals surface area contributed by atoms with Gasteiger partial charge in [-0.2, -0.15) is 0 Å². The molecule has 0 radical (unpaired) electrons. The Balaban J connectivity index is 1.43. The average molecular weight is 435 g/mol. The van der Waals surface area contributed by atoms with Gasteiger partial charge >= 0.3 is 12.2 Å². The predicted octanol–water partition coefficient (Wildman–Crippen LogP) is 5.93. The molecule has 0 aliphatic carbocycles. The standard InChI is InChI=1S/C26H30N2O4/c1-20(31-25(29)27-14-4-2-5-15-27)21-10-8-11-22(18-21)23-12-9-13-24(19-23)32-26(30)28-16-6-3-7-17-28/h8-13,18-19H,1-7,14-17H2. The zero-order valence-electron chi connectivity index (χ0n) is 18.4. The summed E-state index contributed by atoms with van der Waals surface area (Å²) < 4.78 is 11.1. The fraction of sp³-hybridized carbons (Fsp3) is 0.385. The SMILES string of the molecule is C=C(OC(=O)N1CCCCC1)c1cccc(-c2cccc(OC(=O)N3CCCCC3)c2)c1. The molecule has 2 amide bonds. The molecule has 32 heavy (non-hydrogen) atoms. The van der Waals surface area contributed by atoms with Crippen LogP contribution in [0.3, 0.4) is 0 Å². The molecule has 2 aromatic carbocycles. The first-order valence-electron chi connectivity index (χ1n) is 11.4. The molecule has 0 aromatic heterocycles. The molecule has 2 saturated heterocycles. The summed E-state index contributed by atoms with van der Waals surface area (Å²) in [5, 5.41) is 0. The van der Waals surface area contributed by atoms with Crippen molar-refractivity contribution in [3.8, 4) is 16.9 Å². The summed E-state index contributed by atoms with van der Waals surface area (Å²) >= 11 is 0. The molecule has 0 bridgehead atoms. The Bertz CT molecular complexity index is 975. The van der Waals surface area contributed by atoms with Gasteiger partial charge < -0.3 is 19.3 Å². The Morgan fingerprint density at radius 1 is 0.719 bits per heavy atom. The van der Waals surface area contributed by atoms with E-state index in [9.17, 15) is 9.59 Å². The lowest BCUT2D eigenvalue weighted by Crippen LogP contribution is -2.37. The molecule has 2 fully saturated rings. The van der Waals surface area contributed by atoms with Crippen molar-refractivity contribution in [2.45, 2.75) is 38.5 Å². The maximum Gasteiger partial charge on any atom is 0.415 e. The molecule has 6 nitrogen and oxygen atoms in total. The van der Waals surface area contributed by atoms with Gasteiger partial charge in [0, 0.05) is 31.7 Å². The monoisotopic (exact) mass is 434 g/mol. The zero-order chi connectivity index (χ0) is 22.3. The highest BCUT2D eigenvalue weighted by Gasteiger charge is 2.20. The van der Waals surface area contributed by atoms with Gasteiger partial charge in [0.05, 0.1) is 0 Å². The van der Waals surface area contributed by atoms with Crippen molar-refractivity contribution in [2.24, 2.45) is 0 Å². The van der Waals surface area contributed by atoms with Gasteiger partial charge in [-0.05, 0) is 67.9 Å². The average Bonchev–Trinajstić information content (AvgIpc) is 2.85. The lowest BCUT2D eigenvalue weighted by molar-refractivity contribution is 0.134. The van der Waals surface area contributed by atoms with Gasteiger partial charge in [-0.3, -0.25) is 0 Å². The molecular formula is C26H30N2O4. The zero-order valence-corrected chi connectivity index (χ0v) is 18.4. The van der Waals surface area contributed by atoms with E-state index in [-0.39, 0.29) is 12.2 Å². The van der Waals surface area contributed by atoms with E-state index in [1.54, 1.807) is 15.9 Å². The van der Waals surface area contributed by atoms with E-state index in [0.29, 0.717) is 11.5 Å². The molecule has 4 rings (SSSR count). The number of amides is 2. The number of ether oxygens (including phenoxy) is 2. The first-order chi connectivity index (χ1) is 15.6. The second kappa shape index (κ2) is 10.4. The molecule has 168 valence electrons. The number of hydrogen-bond donors (Lipinski definition) is 0. The summed E-state index contributed by atoms with van der Waals surface area (Å²) in [6.07, 6.45) is 5.74. The number of benzene rings is 2. The van der Waals surface area contributed by atoms with E-state index < -0.39 is 0 Å². The molecule has 2 heterocycles. The summed E-state index contributed by atoms with van der Waals surface area (Å²) in [4.78, 5) is 28.3. The minimum atomic E-state index is -0.341. The van der Waals surface area contributed by atoms with Gasteiger partial charge in [-0.25, -0.2) is 9.59 Å². The van der Waals surface area contributed by atoms with Crippen LogP contribution in [0.25, 0.3) is 16.9 Å². The minimum absolute atomic E-state index is 0.298. The van der Waals surface area contributed by atoms with E-state index in [0.717, 1.165) is 81.4 Å². The van der Waals surface area contributed by atoms with E-state index in [1.807, 2.05) is 42.5 Å². The molecule has 0 N–H and O–H groups in total. The van der Waals surface area contributed by atoms with Crippen molar-refractivity contribution in [2.75, 3.05) is 26.2 Å². The third-order valence-electron chi connectivity index (χ3n) is 6.00. The number of likely N-dealkylation sites (tertiary alicyclic amines) is 2. The van der Waals surface area contributed by atoms with Crippen LogP contribution >= 0.6 is 0 Å². The van der Waals surface area contributed by atoms with Crippen LogP contribution in [0.1, 0.15) is 44.1 Å². The first kappa shape index (κ1) is 21.9. The Kier molecular flexibility index (Phi) is 7.10. The molecule has 0 atom stereocenters. The Morgan fingerprint density at radius 2 is 1.28 bits per heavy atom. The first-order valence-corrected chi connectivity index (χ1v) is 11.4. The van der Waals surface area contributed by atoms with Gasteiger partial charge in [-0.1, -0.05) is 36.9 Å². The molecule has 6 heteroatoms. The maximum absolute atomic E-state index is 12.4. The van der Waals surface area contributed by atoms with Crippen molar-refractivity contribution in [1.29, 1.82) is 0 Å². The smallest absolute Gasteiger partial charge is 0.410 e. The number of carbonyl (C=O) groups excluding carboxylic acids is 2. The van der Waals surface area contributed by atoms with Crippen LogP contribution in [0.5, 0.6) is 5.75 Å². The van der Waals surface area contributed by atoms with Crippen LogP contribution in [0, 0.1) is 0 Å². The lowest BCUT2D eigenvalue weighted by Gasteiger charge is -2.26. The number of hydrogen-bond acceptors (Lipinski definition) is 4. The summed E-state index contributed by atoms with van der Waals surface area (Å²) in [5.41, 5.74) is 2.57. The number of piperidine rings is 2. The van der Waals surface area contributed by atoms with Crippen LogP contribution in [-0.4, -0.2) is 48.2 Å². The van der Waals surface area contributed by atoms with Gasteiger partial charge in [0.25, 0.3) is 0 Å². The molecule has 2 aromatic rings. The van der Waals surface area contributed by atoms with Crippen LogP contribution in [0.15, 0.2) is 55.1 Å². The van der Waals surface area contributed by atoms with Crippen molar-refractivity contribution in [1.82, 2.24) is 9.80 Å². The van der Waals surface area contributed by atoms with E-state index in [1.165, 1.54) is 0 Å². The molecule has 0 spiro atoms. The second-order valence-electron chi connectivity index (χ2n) is 8.36. The van der Waals surface area contributed by atoms with Gasteiger partial charge in [0.15, 0.2) is 0 Å². The largest absolute Gasteiger partial charge is 0.415 e. The predicted molar refractivity (Wildman–Crippen MR) is 124 cm³/mol.